The van der Waals surface area contributed by atoms with E-state index >= 15 is 4.79 Å². The number of hydrogen-bond acceptors (Lipinski definition) is 43. The first-order chi connectivity index (χ1) is 64.4. The molecule has 0 saturated heterocycles. The summed E-state index contributed by atoms with van der Waals surface area (Å²) in [6, 6.07) is -11.9. The van der Waals surface area contributed by atoms with E-state index in [0.717, 1.165) is 11.8 Å². The largest absolute Gasteiger partial charge is 0.481 e. The van der Waals surface area contributed by atoms with Crippen molar-refractivity contribution in [1.29, 1.82) is 0 Å². The molecule has 2 heterocycles. The zero-order valence-corrected chi connectivity index (χ0v) is 74.0. The average molecular weight is 1990 g/mol. The van der Waals surface area contributed by atoms with Crippen LogP contribution in [0.4, 0.5) is 11.6 Å². The van der Waals surface area contributed by atoms with Gasteiger partial charge in [-0.25, -0.2) is 19.6 Å². The van der Waals surface area contributed by atoms with E-state index in [1.54, 1.807) is 0 Å². The molecule has 60 heteroatoms. The predicted molar refractivity (Wildman–Crippen MR) is 461 cm³/mol. The van der Waals surface area contributed by atoms with E-state index in [1.807, 2.05) is 0 Å². The maximum Gasteiger partial charge on any atom is 0.327 e. The van der Waals surface area contributed by atoms with Crippen molar-refractivity contribution in [1.82, 2.24) is 83.7 Å². The summed E-state index contributed by atoms with van der Waals surface area (Å²) in [5.74, 6) is -23.9. The number of nitrogens with zero attached hydrogens (tertiary/aromatic N) is 3. The molecule has 1 unspecified atom stereocenters. The molecule has 0 aliphatic carbocycles. The molecule has 40 N–H and O–H groups in total. The van der Waals surface area contributed by atoms with Gasteiger partial charge in [-0.3, -0.25) is 76.9 Å². The molecular weight excluding hydrogens is 1860 g/mol. The maximum atomic E-state index is 15.1. The Balaban J connectivity index is 2.23. The topological polar surface area (TPSA) is 1010 Å². The Morgan fingerprint density at radius 2 is 0.650 bits per heavy atom. The smallest absolute Gasteiger partial charge is 0.327 e. The molecule has 24 atom stereocenters. The molecular formula is C77H120N18O41S. The van der Waals surface area contributed by atoms with E-state index in [-0.39, 0.29) is 40.7 Å². The molecule has 137 heavy (non-hydrogen) atoms. The van der Waals surface area contributed by atoms with Crippen LogP contribution in [0.25, 0.3) is 11.2 Å². The van der Waals surface area contributed by atoms with Crippen LogP contribution in [-0.2, 0) is 78.5 Å². The van der Waals surface area contributed by atoms with Crippen LogP contribution in [0.1, 0.15) is 106 Å². The highest BCUT2D eigenvalue weighted by atomic mass is 32.2. The van der Waals surface area contributed by atoms with Crippen LogP contribution in [0.5, 0.6) is 0 Å². The zero-order valence-electron chi connectivity index (χ0n) is 73.2. The molecule has 0 radical (unpaired) electrons. The highest BCUT2D eigenvalue weighted by Crippen LogP contribution is 2.18. The Hall–Kier alpha value is -11.9. The van der Waals surface area contributed by atoms with Crippen LogP contribution < -0.4 is 80.4 Å². The number of nitrogens with two attached hydrogens (primary N) is 1. The molecule has 0 aliphatic heterocycles. The van der Waals surface area contributed by atoms with Gasteiger partial charge < -0.3 is 197 Å². The molecule has 0 spiro atoms. The second kappa shape index (κ2) is 60.6. The highest BCUT2D eigenvalue weighted by Gasteiger charge is 2.40. The van der Waals surface area contributed by atoms with Crippen molar-refractivity contribution < 1.29 is 199 Å². The number of aromatic nitrogens is 4. The Morgan fingerprint density at radius 3 is 0.949 bits per heavy atom. The van der Waals surface area contributed by atoms with Crippen LogP contribution in [0.3, 0.4) is 0 Å². The van der Waals surface area contributed by atoms with Crippen LogP contribution in [0.15, 0.2) is 35.3 Å². The third-order valence-corrected chi connectivity index (χ3v) is 21.1. The molecule has 0 aliphatic rings. The summed E-state index contributed by atoms with van der Waals surface area (Å²) in [5.41, 5.74) is 5.22. The van der Waals surface area contributed by atoms with Gasteiger partial charge in [-0.1, -0.05) is 0 Å². The number of rotatable bonds is 67. The Morgan fingerprint density at radius 1 is 0.365 bits per heavy atom. The standard InChI is InChI=1S/C77H120N18O41S/c1-137-30-41(76(135)136)93-73(131)37(9-16-53(111)83-25-45(103)61(120)65(124)49(107)29-99)89-72(130)39(12-19-56(115)116)91-70(128)36(8-15-52(110)82-24-44(102)60(119)64(123)48(106)28-98)87-69(127)35(7-14-51(109)81-23-43(101)59(118)63(122)47(105)27-97)88-71(129)38(11-18-55(113)114)90-68(126)34(6-13-50(108)80-22-42(100)58(117)62(121)46(104)26-96)86-54(112)17-10-40(75(133)134)92-67(125)31-2-4-32(5-3-31)79-20-33-21-84-66-57(85-33)74(132)95-77(78)94-66/h2-5,21,34-49,58-65,79,96-107,117-124H,6-20,22-30H2,1H3,(H,80,108)(H,81,109)(H,82,110)(H,83,111)(H,86,112)(H,87,127)(H,88,129)(H,89,130)(H,90,126)(H,91,128)(H,92,125)(H,93,131)(H,113,114)(H,115,116)(H,133,134)(H,135,136)(H3,78,84,94,95,132)/t34-,35-,36-,37-,38-,39-,40-,41?,42-,43-,44-,45-,46+,47+,48+,49+,58+,59+,60+,61+,62+,63+,64+,65+/m0/s1. The SMILES string of the molecule is CSCC(NC(=O)[C@H](CCC(=O)NC[C@H](O)[C@@H](O)[C@H](O)[C@H](O)CO)NC(=O)[C@H](CCC(=O)O)NC(=O)[C@H](CCC(=O)NC[C@H](O)[C@@H](O)[C@H](O)[C@H](O)CO)NC(=O)[C@H](CCC(=O)NC[C@H](O)[C@@H](O)[C@H](O)[C@H](O)CO)NC(=O)[C@H](CCC(=O)O)NC(=O)[C@H](CCC(=O)NC[C@H](O)[C@@H](O)[C@H](O)[C@H](O)CO)NC(=O)CC[C@H](NC(=O)c1ccc(NCc2cnc3nc(N)[nH]c(=O)c3n2)cc1)C(=O)O)C(=O)O. The van der Waals surface area contributed by atoms with E-state index in [9.17, 15) is 194 Å². The van der Waals surface area contributed by atoms with Gasteiger partial charge in [-0.15, -0.1) is 0 Å². The first-order valence-corrected chi connectivity index (χ1v) is 43.4. The van der Waals surface area contributed by atoms with Gasteiger partial charge in [-0.2, -0.15) is 16.7 Å². The maximum absolute atomic E-state index is 15.1. The third-order valence-electron chi connectivity index (χ3n) is 20.4. The predicted octanol–water partition coefficient (Wildman–Crippen LogP) is -18.2. The number of carbonyl (C=O) groups is 16. The summed E-state index contributed by atoms with van der Waals surface area (Å²) in [7, 11) is 0. The molecule has 3 rings (SSSR count). The third kappa shape index (κ3) is 41.9. The first kappa shape index (κ1) is 119. The monoisotopic (exact) mass is 1980 g/mol. The molecule has 0 saturated carbocycles. The summed E-state index contributed by atoms with van der Waals surface area (Å²) >= 11 is 0.889. The minimum Gasteiger partial charge on any atom is -0.481 e. The zero-order chi connectivity index (χ0) is 103. The van der Waals surface area contributed by atoms with Gasteiger partial charge in [0.25, 0.3) is 11.5 Å². The van der Waals surface area contributed by atoms with Gasteiger partial charge in [-0.05, 0) is 75.5 Å². The number of hydrogen-bond donors (Lipinski definition) is 39. The van der Waals surface area contributed by atoms with Gasteiger partial charge in [0.05, 0.1) is 69.3 Å². The number of amides is 12. The van der Waals surface area contributed by atoms with Crippen LogP contribution in [0.2, 0.25) is 0 Å². The number of thioether (sulfide) groups is 1. The molecule has 59 nitrogen and oxygen atoms in total. The van der Waals surface area contributed by atoms with Crippen molar-refractivity contribution in [3.05, 3.63) is 52.1 Å². The number of H-pyrrole nitrogens is 1. The first-order valence-electron chi connectivity index (χ1n) is 42.0. The van der Waals surface area contributed by atoms with Crippen LogP contribution in [-0.4, -0.2) is 448 Å². The molecule has 1 aromatic carbocycles. The van der Waals surface area contributed by atoms with Gasteiger partial charge in [0.2, 0.25) is 70.9 Å². The number of aliphatic hydroxyl groups is 20. The number of fused-ring (bicyclic) bond motifs is 1. The number of nitrogen functional groups attached to an aromatic ring is 1. The van der Waals surface area contributed by atoms with Crippen LogP contribution in [0, 0.1) is 0 Å². The van der Waals surface area contributed by atoms with Crippen molar-refractivity contribution in [3.63, 3.8) is 0 Å². The Bertz CT molecular complexity index is 4540. The number of anilines is 2. The number of carbonyl (C=O) groups excluding carboxylic acids is 12. The van der Waals surface area contributed by atoms with Gasteiger partial charge in [0.1, 0.15) is 122 Å². The average Bonchev–Trinajstić information content (AvgIpc) is 0.807. The summed E-state index contributed by atoms with van der Waals surface area (Å²) in [4.78, 5) is 246. The van der Waals surface area contributed by atoms with Crippen molar-refractivity contribution in [3.8, 4) is 0 Å². The Kier molecular flexibility index (Phi) is 52.8. The number of carboxylic acid groups (broad SMARTS) is 4. The minimum absolute atomic E-state index is 0.0260. The lowest BCUT2D eigenvalue weighted by molar-refractivity contribution is -0.142. The molecule has 2 aromatic heterocycles. The second-order valence-corrected chi connectivity index (χ2v) is 31.9. The Labute approximate surface area is 779 Å². The molecule has 0 fully saturated rings. The van der Waals surface area contributed by atoms with Crippen molar-refractivity contribution >= 4 is 129 Å². The number of aromatic amines is 1. The van der Waals surface area contributed by atoms with E-state index < -0.39 is 389 Å². The van der Waals surface area contributed by atoms with Gasteiger partial charge in [0, 0.05) is 88.1 Å². The van der Waals surface area contributed by atoms with Crippen molar-refractivity contribution in [2.24, 2.45) is 0 Å². The minimum atomic E-state index is -2.39. The molecule has 12 amide bonds. The molecule has 770 valence electrons. The molecule has 3 aromatic rings. The van der Waals surface area contributed by atoms with Gasteiger partial charge >= 0.3 is 23.9 Å². The lowest BCUT2D eigenvalue weighted by Gasteiger charge is -2.28. The number of aliphatic hydroxyl groups excluding tert-OH is 20. The van der Waals surface area contributed by atoms with E-state index in [2.05, 4.69) is 89.1 Å². The lowest BCUT2D eigenvalue weighted by Crippen LogP contribution is -2.60. The lowest BCUT2D eigenvalue weighted by atomic mass is 10.0. The summed E-state index contributed by atoms with van der Waals surface area (Å²) in [5, 5.41) is 269. The number of aliphatic carboxylic acids is 4. The molecule has 0 bridgehead atoms. The number of carboxylic acids is 4. The van der Waals surface area contributed by atoms with Gasteiger partial charge in [0.15, 0.2) is 11.2 Å². The van der Waals surface area contributed by atoms with E-state index in [4.69, 9.17) is 10.8 Å². The van der Waals surface area contributed by atoms with E-state index in [0.29, 0.717) is 5.69 Å². The summed E-state index contributed by atoms with van der Waals surface area (Å²) in [6.07, 6.45) is -45.7. The van der Waals surface area contributed by atoms with E-state index in [1.165, 1.54) is 36.7 Å². The number of nitrogens with one attached hydrogen (secondary N) is 14. The fourth-order valence-corrected chi connectivity index (χ4v) is 12.8. The fourth-order valence-electron chi connectivity index (χ4n) is 12.2. The van der Waals surface area contributed by atoms with Crippen LogP contribution >= 0.6 is 11.8 Å². The van der Waals surface area contributed by atoms with Crippen molar-refractivity contribution in [2.75, 3.05) is 75.7 Å². The fraction of sp³-hybridized carbons (Fsp3) is 0.636. The van der Waals surface area contributed by atoms with Crippen molar-refractivity contribution in [2.45, 2.75) is 242 Å². The normalized spacial score (nSPS) is 16.7. The summed E-state index contributed by atoms with van der Waals surface area (Å²) in [6.45, 7) is -8.44. The number of benzene rings is 1. The quantitative estimate of drug-likeness (QED) is 0.0249. The summed E-state index contributed by atoms with van der Waals surface area (Å²) < 4.78 is 0. The second-order valence-electron chi connectivity index (χ2n) is 31.0. The highest BCUT2D eigenvalue weighted by molar-refractivity contribution is 7.98.